The average molecular weight is 474 g/mol. The van der Waals surface area contributed by atoms with E-state index < -0.39 is 35.6 Å². The van der Waals surface area contributed by atoms with Gasteiger partial charge in [0.05, 0.1) is 10.6 Å². The van der Waals surface area contributed by atoms with Gasteiger partial charge >= 0.3 is 6.18 Å². The van der Waals surface area contributed by atoms with Gasteiger partial charge in [-0.3, -0.25) is 14.4 Å². The second-order valence-corrected chi connectivity index (χ2v) is 8.11. The Morgan fingerprint density at radius 1 is 1.25 bits per heavy atom. The molecule has 2 heterocycles. The number of hydrogen-bond acceptors (Lipinski definition) is 3. The molecule has 32 heavy (non-hydrogen) atoms. The van der Waals surface area contributed by atoms with Gasteiger partial charge < -0.3 is 15.2 Å². The van der Waals surface area contributed by atoms with Crippen LogP contribution in [0.3, 0.4) is 0 Å². The summed E-state index contributed by atoms with van der Waals surface area (Å²) in [5, 5.41) is 4.05. The lowest BCUT2D eigenvalue weighted by atomic mass is 10.0. The van der Waals surface area contributed by atoms with Crippen LogP contribution < -0.4 is 10.6 Å². The van der Waals surface area contributed by atoms with E-state index in [1.54, 1.807) is 9.88 Å². The van der Waals surface area contributed by atoms with Gasteiger partial charge in [-0.15, -0.1) is 0 Å². The number of fused-ring (bicyclic) bond motifs is 1. The lowest BCUT2D eigenvalue weighted by molar-refractivity contribution is -0.156. The summed E-state index contributed by atoms with van der Waals surface area (Å²) in [5.74, 6) is -3.82. The summed E-state index contributed by atoms with van der Waals surface area (Å²) in [5.41, 5.74) is 0.828. The number of benzene rings is 1. The zero-order chi connectivity index (χ0) is 24.0. The second kappa shape index (κ2) is 8.57. The molecule has 2 atom stereocenters. The van der Waals surface area contributed by atoms with Gasteiger partial charge in [-0.05, 0) is 57.4 Å². The molecule has 1 aromatic heterocycles. The summed E-state index contributed by atoms with van der Waals surface area (Å²) >= 11 is 5.74. The fourth-order valence-corrected chi connectivity index (χ4v) is 3.96. The van der Waals surface area contributed by atoms with Crippen LogP contribution in [0.4, 0.5) is 23.2 Å². The van der Waals surface area contributed by atoms with Crippen LogP contribution in [-0.4, -0.2) is 34.4 Å². The molecule has 0 aliphatic carbocycles. The Kier molecular flexibility index (Phi) is 6.37. The summed E-state index contributed by atoms with van der Waals surface area (Å²) in [7, 11) is 0. The second-order valence-electron chi connectivity index (χ2n) is 7.70. The van der Waals surface area contributed by atoms with Crippen molar-refractivity contribution in [2.45, 2.75) is 51.9 Å². The Morgan fingerprint density at radius 2 is 1.91 bits per heavy atom. The molecule has 0 spiro atoms. The lowest BCUT2D eigenvalue weighted by Gasteiger charge is -2.16. The minimum Gasteiger partial charge on any atom is -0.338 e. The topological polar surface area (TPSA) is 80.2 Å². The molecule has 11 heteroatoms. The van der Waals surface area contributed by atoms with Crippen LogP contribution in [0.2, 0.25) is 5.02 Å². The van der Waals surface area contributed by atoms with Crippen LogP contribution >= 0.6 is 11.6 Å². The number of amides is 2. The molecule has 172 valence electrons. The Hall–Kier alpha value is -2.88. The van der Waals surface area contributed by atoms with Crippen molar-refractivity contribution in [3.8, 4) is 0 Å². The number of rotatable bonds is 5. The van der Waals surface area contributed by atoms with E-state index in [0.717, 1.165) is 13.0 Å². The number of hydrogen-bond donors (Lipinski definition) is 2. The third-order valence-electron chi connectivity index (χ3n) is 5.45. The van der Waals surface area contributed by atoms with Crippen LogP contribution in [0.25, 0.3) is 0 Å². The highest BCUT2D eigenvalue weighted by Crippen LogP contribution is 2.36. The van der Waals surface area contributed by atoms with E-state index in [4.69, 9.17) is 11.6 Å². The number of nitrogens with one attached hydrogen (secondary N) is 2. The number of alkyl halides is 3. The van der Waals surface area contributed by atoms with Crippen LogP contribution in [0.15, 0.2) is 18.2 Å². The lowest BCUT2D eigenvalue weighted by Crippen LogP contribution is -2.46. The zero-order valence-electron chi connectivity index (χ0n) is 17.4. The molecule has 2 aromatic rings. The van der Waals surface area contributed by atoms with Gasteiger partial charge in [-0.25, -0.2) is 4.39 Å². The molecule has 1 aliphatic heterocycles. The van der Waals surface area contributed by atoms with Crippen molar-refractivity contribution < 1.29 is 31.9 Å². The van der Waals surface area contributed by atoms with Gasteiger partial charge in [0.1, 0.15) is 17.6 Å². The van der Waals surface area contributed by atoms with Gasteiger partial charge in [-0.2, -0.15) is 13.2 Å². The molecule has 1 aromatic carbocycles. The van der Waals surface area contributed by atoms with E-state index >= 15 is 0 Å². The molecule has 3 rings (SSSR count). The number of Topliss-reactive ketones (excluding diaryl/α,β-unsaturated/α-hetero) is 1. The van der Waals surface area contributed by atoms with Crippen LogP contribution in [0.1, 0.15) is 58.4 Å². The SMILES string of the molecule is Cc1c(C(=O)C(=O)NC(C)C(F)(F)F)c2n(c1C(=O)Nc1ccc(F)c(Cl)c1)C(C)CC2. The van der Waals surface area contributed by atoms with Crippen molar-refractivity contribution in [1.82, 2.24) is 9.88 Å². The van der Waals surface area contributed by atoms with Crippen molar-refractivity contribution in [3.63, 3.8) is 0 Å². The molecule has 0 saturated carbocycles. The maximum absolute atomic E-state index is 13.4. The number of carbonyl (C=O) groups is 3. The summed E-state index contributed by atoms with van der Waals surface area (Å²) in [6, 6.07) is 1.22. The first kappa shape index (κ1) is 23.8. The molecule has 0 saturated heterocycles. The molecule has 6 nitrogen and oxygen atoms in total. The van der Waals surface area contributed by atoms with E-state index in [9.17, 15) is 31.9 Å². The van der Waals surface area contributed by atoms with E-state index in [2.05, 4.69) is 5.32 Å². The minimum absolute atomic E-state index is 0.0801. The maximum atomic E-state index is 13.4. The van der Waals surface area contributed by atoms with Crippen molar-refractivity contribution in [3.05, 3.63) is 51.6 Å². The van der Waals surface area contributed by atoms with Crippen LogP contribution in [0, 0.1) is 12.7 Å². The quantitative estimate of drug-likeness (QED) is 0.378. The van der Waals surface area contributed by atoms with Gasteiger partial charge in [0.15, 0.2) is 0 Å². The van der Waals surface area contributed by atoms with Crippen molar-refractivity contribution in [2.24, 2.45) is 0 Å². The minimum atomic E-state index is -4.70. The molecule has 2 unspecified atom stereocenters. The van der Waals surface area contributed by atoms with Crippen LogP contribution in [0.5, 0.6) is 0 Å². The normalized spacial score (nSPS) is 16.4. The third-order valence-corrected chi connectivity index (χ3v) is 5.74. The standard InChI is InChI=1S/C21H20ClF4N3O3/c1-9-4-7-15-16(18(30)20(32)27-11(3)21(24,25)26)10(2)17(29(9)15)19(31)28-12-5-6-14(23)13(22)8-12/h5-6,8-9,11H,4,7H2,1-3H3,(H,27,32)(H,28,31). The number of nitrogens with zero attached hydrogens (tertiary/aromatic N) is 1. The number of ketones is 1. The zero-order valence-corrected chi connectivity index (χ0v) is 18.1. The van der Waals surface area contributed by atoms with E-state index in [0.29, 0.717) is 18.5 Å². The molecular weight excluding hydrogens is 454 g/mol. The van der Waals surface area contributed by atoms with Gasteiger partial charge in [-0.1, -0.05) is 11.6 Å². The maximum Gasteiger partial charge on any atom is 0.408 e. The van der Waals surface area contributed by atoms with E-state index in [-0.39, 0.29) is 33.6 Å². The Bertz CT molecular complexity index is 1110. The predicted molar refractivity (Wildman–Crippen MR) is 110 cm³/mol. The highest BCUT2D eigenvalue weighted by molar-refractivity contribution is 6.43. The molecule has 2 N–H and O–H groups in total. The van der Waals surface area contributed by atoms with E-state index in [1.165, 1.54) is 19.1 Å². The average Bonchev–Trinajstić information content (AvgIpc) is 3.19. The Morgan fingerprint density at radius 3 is 2.50 bits per heavy atom. The first-order valence-electron chi connectivity index (χ1n) is 9.74. The third kappa shape index (κ3) is 4.36. The smallest absolute Gasteiger partial charge is 0.338 e. The molecule has 1 aliphatic rings. The van der Waals surface area contributed by atoms with Crippen molar-refractivity contribution >= 4 is 34.9 Å². The summed E-state index contributed by atoms with van der Waals surface area (Å²) in [6.45, 7) is 4.01. The highest BCUT2D eigenvalue weighted by Gasteiger charge is 2.40. The number of aromatic nitrogens is 1. The van der Waals surface area contributed by atoms with Crippen molar-refractivity contribution in [1.29, 1.82) is 0 Å². The Labute approximate surface area is 185 Å². The fourth-order valence-electron chi connectivity index (χ4n) is 3.78. The Balaban J connectivity index is 1.96. The van der Waals surface area contributed by atoms with Crippen LogP contribution in [-0.2, 0) is 11.2 Å². The molecule has 2 amide bonds. The summed E-state index contributed by atoms with van der Waals surface area (Å²) in [4.78, 5) is 38.1. The summed E-state index contributed by atoms with van der Waals surface area (Å²) in [6.07, 6.45) is -3.75. The predicted octanol–water partition coefficient (Wildman–Crippen LogP) is 4.60. The first-order chi connectivity index (χ1) is 14.8. The highest BCUT2D eigenvalue weighted by atomic mass is 35.5. The molecule has 0 bridgehead atoms. The first-order valence-corrected chi connectivity index (χ1v) is 10.1. The largest absolute Gasteiger partial charge is 0.408 e. The number of anilines is 1. The van der Waals surface area contributed by atoms with Gasteiger partial charge in [0.25, 0.3) is 17.6 Å². The van der Waals surface area contributed by atoms with E-state index in [1.807, 2.05) is 6.92 Å². The molecule has 0 radical (unpaired) electrons. The molecule has 0 fully saturated rings. The van der Waals surface area contributed by atoms with Crippen molar-refractivity contribution in [2.75, 3.05) is 5.32 Å². The monoisotopic (exact) mass is 473 g/mol. The number of halogens is 5. The fraction of sp³-hybridized carbons (Fsp3) is 0.381. The number of carbonyl (C=O) groups excluding carboxylic acids is 3. The summed E-state index contributed by atoms with van der Waals surface area (Å²) < 4.78 is 53.3. The van der Waals surface area contributed by atoms with Gasteiger partial charge in [0.2, 0.25) is 0 Å². The molecular formula is C21H20ClF4N3O3. The van der Waals surface area contributed by atoms with Gasteiger partial charge in [0, 0.05) is 17.4 Å².